The second-order valence-electron chi connectivity index (χ2n) is 7.90. The normalized spacial score (nSPS) is 11.9. The summed E-state index contributed by atoms with van der Waals surface area (Å²) in [7, 11) is 0. The quantitative estimate of drug-likeness (QED) is 0.241. The highest BCUT2D eigenvalue weighted by molar-refractivity contribution is 6.16. The molecule has 5 rings (SSSR count). The fourth-order valence-corrected chi connectivity index (χ4v) is 3.83. The molecule has 0 bridgehead atoms. The fourth-order valence-electron chi connectivity index (χ4n) is 3.83. The van der Waals surface area contributed by atoms with E-state index in [0.717, 1.165) is 45.1 Å². The molecule has 2 nitrogen and oxygen atoms in total. The van der Waals surface area contributed by atoms with Crippen molar-refractivity contribution in [2.24, 2.45) is 9.98 Å². The van der Waals surface area contributed by atoms with Crippen LogP contribution in [0.25, 0.3) is 0 Å². The van der Waals surface area contributed by atoms with Crippen LogP contribution in [-0.4, -0.2) is 11.4 Å². The molecule has 0 fully saturated rings. The Morgan fingerprint density at radius 3 is 0.882 bits per heavy atom. The van der Waals surface area contributed by atoms with Crippen molar-refractivity contribution >= 4 is 22.8 Å². The summed E-state index contributed by atoms with van der Waals surface area (Å²) < 4.78 is 0. The lowest BCUT2D eigenvalue weighted by Gasteiger charge is -2.11. The van der Waals surface area contributed by atoms with E-state index in [9.17, 15) is 0 Å². The van der Waals surface area contributed by atoms with Gasteiger partial charge in [-0.1, -0.05) is 121 Å². The number of para-hydroxylation sites is 2. The maximum atomic E-state index is 4.99. The Labute approximate surface area is 200 Å². The van der Waals surface area contributed by atoms with Crippen LogP contribution in [0.15, 0.2) is 156 Å². The number of hydrogen-bond donors (Lipinski definition) is 0. The Kier molecular flexibility index (Phi) is 6.50. The second kappa shape index (κ2) is 10.4. The summed E-state index contributed by atoms with van der Waals surface area (Å²) in [6.07, 6.45) is 0. The van der Waals surface area contributed by atoms with Crippen LogP contribution in [0.5, 0.6) is 0 Å². The van der Waals surface area contributed by atoms with Gasteiger partial charge in [0.15, 0.2) is 0 Å². The summed E-state index contributed by atoms with van der Waals surface area (Å²) in [5.74, 6) is 0. The molecule has 0 N–H and O–H groups in total. The van der Waals surface area contributed by atoms with E-state index < -0.39 is 0 Å². The van der Waals surface area contributed by atoms with Gasteiger partial charge in [-0.3, -0.25) is 0 Å². The molecular formula is C32H24N2. The third-order valence-electron chi connectivity index (χ3n) is 5.52. The zero-order valence-electron chi connectivity index (χ0n) is 18.8. The largest absolute Gasteiger partial charge is 0.248 e. The molecule has 162 valence electrons. The van der Waals surface area contributed by atoms with Crippen LogP contribution in [-0.2, 0) is 0 Å². The molecule has 0 aromatic heterocycles. The molecule has 2 heteroatoms. The lowest BCUT2D eigenvalue weighted by molar-refractivity contribution is 1.45. The molecule has 0 aliphatic rings. The minimum atomic E-state index is 0.932. The summed E-state index contributed by atoms with van der Waals surface area (Å²) in [6.45, 7) is 0. The number of hydrogen-bond acceptors (Lipinski definition) is 2. The van der Waals surface area contributed by atoms with Gasteiger partial charge < -0.3 is 0 Å². The van der Waals surface area contributed by atoms with Crippen molar-refractivity contribution in [3.8, 4) is 0 Å². The van der Waals surface area contributed by atoms with E-state index in [1.165, 1.54) is 0 Å². The first-order valence-electron chi connectivity index (χ1n) is 11.4. The molecule has 0 radical (unpaired) electrons. The molecule has 0 amide bonds. The molecule has 5 aromatic carbocycles. The van der Waals surface area contributed by atoms with Gasteiger partial charge in [0.25, 0.3) is 0 Å². The monoisotopic (exact) mass is 436 g/mol. The number of benzene rings is 5. The number of rotatable bonds is 6. The van der Waals surface area contributed by atoms with Crippen LogP contribution in [0.4, 0.5) is 11.4 Å². The molecule has 5 aromatic rings. The zero-order chi connectivity index (χ0) is 23.0. The Morgan fingerprint density at radius 2 is 0.559 bits per heavy atom. The van der Waals surface area contributed by atoms with Crippen LogP contribution in [0.1, 0.15) is 22.3 Å². The van der Waals surface area contributed by atoms with Gasteiger partial charge in [-0.15, -0.1) is 0 Å². The van der Waals surface area contributed by atoms with E-state index in [0.29, 0.717) is 0 Å². The first-order valence-corrected chi connectivity index (χ1v) is 11.4. The van der Waals surface area contributed by atoms with E-state index >= 15 is 0 Å². The Morgan fingerprint density at radius 1 is 0.294 bits per heavy atom. The predicted octanol–water partition coefficient (Wildman–Crippen LogP) is 8.02. The van der Waals surface area contributed by atoms with Crippen LogP contribution < -0.4 is 0 Å². The molecule has 34 heavy (non-hydrogen) atoms. The zero-order valence-corrected chi connectivity index (χ0v) is 18.8. The first-order chi connectivity index (χ1) is 16.9. The molecule has 0 saturated carbocycles. The van der Waals surface area contributed by atoms with Gasteiger partial charge in [0.05, 0.1) is 22.8 Å². The van der Waals surface area contributed by atoms with Gasteiger partial charge in [0.1, 0.15) is 0 Å². The number of aliphatic imine (C=N–C) groups is 2. The van der Waals surface area contributed by atoms with E-state index in [4.69, 9.17) is 9.98 Å². The van der Waals surface area contributed by atoms with Gasteiger partial charge in [-0.25, -0.2) is 9.98 Å². The van der Waals surface area contributed by atoms with Crippen molar-refractivity contribution in [3.63, 3.8) is 0 Å². The SMILES string of the molecule is c1ccc(/N=C(\c2ccccc2)c2ccc(/C(=N/c3ccccc3)c3ccccc3)cc2)cc1. The van der Waals surface area contributed by atoms with Crippen LogP contribution >= 0.6 is 0 Å². The van der Waals surface area contributed by atoms with Gasteiger partial charge >= 0.3 is 0 Å². The molecule has 0 aliphatic heterocycles. The van der Waals surface area contributed by atoms with E-state index in [2.05, 4.69) is 48.5 Å². The van der Waals surface area contributed by atoms with Crippen LogP contribution in [0.3, 0.4) is 0 Å². The summed E-state index contributed by atoms with van der Waals surface area (Å²) in [5, 5.41) is 0. The van der Waals surface area contributed by atoms with Crippen molar-refractivity contribution in [3.05, 3.63) is 168 Å². The van der Waals surface area contributed by atoms with Crippen molar-refractivity contribution in [1.29, 1.82) is 0 Å². The summed E-state index contributed by atoms with van der Waals surface area (Å²) in [4.78, 5) is 9.97. The minimum absolute atomic E-state index is 0.932. The minimum Gasteiger partial charge on any atom is -0.248 e. The molecule has 0 atom stereocenters. The maximum Gasteiger partial charge on any atom is 0.0781 e. The lowest BCUT2D eigenvalue weighted by Crippen LogP contribution is -2.06. The first kappa shape index (κ1) is 21.3. The Bertz CT molecular complexity index is 1280. The fraction of sp³-hybridized carbons (Fsp3) is 0. The van der Waals surface area contributed by atoms with E-state index in [1.54, 1.807) is 0 Å². The van der Waals surface area contributed by atoms with E-state index in [-0.39, 0.29) is 0 Å². The van der Waals surface area contributed by atoms with Gasteiger partial charge in [0, 0.05) is 22.3 Å². The molecule has 0 heterocycles. The van der Waals surface area contributed by atoms with Gasteiger partial charge in [-0.2, -0.15) is 0 Å². The highest BCUT2D eigenvalue weighted by atomic mass is 14.8. The highest BCUT2D eigenvalue weighted by Crippen LogP contribution is 2.21. The van der Waals surface area contributed by atoms with Gasteiger partial charge in [-0.05, 0) is 24.3 Å². The predicted molar refractivity (Wildman–Crippen MR) is 143 cm³/mol. The average molecular weight is 437 g/mol. The maximum absolute atomic E-state index is 4.99. The highest BCUT2D eigenvalue weighted by Gasteiger charge is 2.11. The molecule has 0 aliphatic carbocycles. The summed E-state index contributed by atoms with van der Waals surface area (Å²) in [5.41, 5.74) is 8.04. The number of nitrogens with zero attached hydrogens (tertiary/aromatic N) is 2. The molecule has 0 spiro atoms. The van der Waals surface area contributed by atoms with Crippen molar-refractivity contribution in [1.82, 2.24) is 0 Å². The van der Waals surface area contributed by atoms with Crippen LogP contribution in [0.2, 0.25) is 0 Å². The Balaban J connectivity index is 1.57. The second-order valence-corrected chi connectivity index (χ2v) is 7.90. The standard InChI is InChI=1S/C32H24N2/c1-5-13-25(14-6-1)31(33-29-17-9-3-10-18-29)27-21-23-28(24-22-27)32(26-15-7-2-8-16-26)34-30-19-11-4-12-20-30/h1-24H/b33-31+,34-32+. The molecule has 0 saturated heterocycles. The molecule has 0 unspecified atom stereocenters. The summed E-state index contributed by atoms with van der Waals surface area (Å²) >= 11 is 0. The average Bonchev–Trinajstić information content (AvgIpc) is 2.93. The molecular weight excluding hydrogens is 412 g/mol. The third-order valence-corrected chi connectivity index (χ3v) is 5.52. The lowest BCUT2D eigenvalue weighted by atomic mass is 9.97. The smallest absolute Gasteiger partial charge is 0.0781 e. The van der Waals surface area contributed by atoms with Gasteiger partial charge in [0.2, 0.25) is 0 Å². The summed E-state index contributed by atoms with van der Waals surface area (Å²) in [6, 6.07) is 49.3. The van der Waals surface area contributed by atoms with E-state index in [1.807, 2.05) is 97.1 Å². The van der Waals surface area contributed by atoms with Crippen molar-refractivity contribution < 1.29 is 0 Å². The van der Waals surface area contributed by atoms with Crippen LogP contribution in [0, 0.1) is 0 Å². The van der Waals surface area contributed by atoms with Crippen molar-refractivity contribution in [2.75, 3.05) is 0 Å². The third kappa shape index (κ3) is 5.08. The van der Waals surface area contributed by atoms with Crippen molar-refractivity contribution in [2.45, 2.75) is 0 Å². The Hall–Kier alpha value is -4.56. The topological polar surface area (TPSA) is 24.7 Å².